The van der Waals surface area contributed by atoms with E-state index in [1.54, 1.807) is 30.7 Å². The van der Waals surface area contributed by atoms with E-state index < -0.39 is 5.54 Å². The number of rotatable bonds is 1. The average molecular weight is 255 g/mol. The highest BCUT2D eigenvalue weighted by molar-refractivity contribution is 5.92. The van der Waals surface area contributed by atoms with Crippen molar-refractivity contribution in [3.8, 4) is 0 Å². The van der Waals surface area contributed by atoms with Gasteiger partial charge in [0.1, 0.15) is 5.54 Å². The Kier molecular flexibility index (Phi) is 3.33. The van der Waals surface area contributed by atoms with Crippen LogP contribution < -0.4 is 5.73 Å². The number of likely N-dealkylation sites (N-methyl/N-ethyl adjacent to an activating group) is 1. The van der Waals surface area contributed by atoms with Crippen LogP contribution in [0.5, 0.6) is 0 Å². The number of nitrogens with zero attached hydrogens (tertiary/aromatic N) is 2. The molecule has 2 heterocycles. The molecule has 2 unspecified atom stereocenters. The highest BCUT2D eigenvalue weighted by Crippen LogP contribution is 2.26. The monoisotopic (exact) mass is 255 g/mol. The predicted molar refractivity (Wildman–Crippen MR) is 65.7 cm³/mol. The van der Waals surface area contributed by atoms with Gasteiger partial charge in [-0.25, -0.2) is 0 Å². The second-order valence-electron chi connectivity index (χ2n) is 5.58. The molecular formula is C12H21N3O3. The molecule has 0 aromatic heterocycles. The molecule has 102 valence electrons. The first-order chi connectivity index (χ1) is 8.35. The van der Waals surface area contributed by atoms with Crippen molar-refractivity contribution in [2.45, 2.75) is 25.4 Å². The summed E-state index contributed by atoms with van der Waals surface area (Å²) >= 11 is 0. The van der Waals surface area contributed by atoms with E-state index in [0.717, 1.165) is 0 Å². The molecule has 18 heavy (non-hydrogen) atoms. The fourth-order valence-corrected chi connectivity index (χ4v) is 2.62. The molecule has 2 N–H and O–H groups in total. The van der Waals surface area contributed by atoms with E-state index >= 15 is 0 Å². The third kappa shape index (κ3) is 1.99. The van der Waals surface area contributed by atoms with Crippen molar-refractivity contribution in [3.63, 3.8) is 0 Å². The minimum Gasteiger partial charge on any atom is -0.379 e. The Hall–Kier alpha value is -1.14. The van der Waals surface area contributed by atoms with Crippen LogP contribution in [0.2, 0.25) is 0 Å². The van der Waals surface area contributed by atoms with Crippen LogP contribution in [0.3, 0.4) is 0 Å². The smallest absolute Gasteiger partial charge is 0.247 e. The molecule has 2 fully saturated rings. The minimum absolute atomic E-state index is 0.0328. The van der Waals surface area contributed by atoms with Gasteiger partial charge in [0.05, 0.1) is 19.1 Å². The molecule has 0 bridgehead atoms. The lowest BCUT2D eigenvalue weighted by molar-refractivity contribution is -0.159. The van der Waals surface area contributed by atoms with Crippen molar-refractivity contribution in [2.75, 3.05) is 33.4 Å². The third-order valence-corrected chi connectivity index (χ3v) is 3.91. The second kappa shape index (κ2) is 4.51. The zero-order valence-electron chi connectivity index (χ0n) is 11.2. The van der Waals surface area contributed by atoms with E-state index in [2.05, 4.69) is 0 Å². The maximum absolute atomic E-state index is 12.5. The number of carbonyl (C=O) groups excluding carboxylic acids is 2. The van der Waals surface area contributed by atoms with Crippen LogP contribution in [0.4, 0.5) is 0 Å². The molecule has 2 atom stereocenters. The van der Waals surface area contributed by atoms with Gasteiger partial charge in [-0.2, -0.15) is 0 Å². The van der Waals surface area contributed by atoms with Gasteiger partial charge in [-0.15, -0.1) is 0 Å². The fraction of sp³-hybridized carbons (Fsp3) is 0.833. The summed E-state index contributed by atoms with van der Waals surface area (Å²) < 4.78 is 5.23. The Balaban J connectivity index is 2.17. The van der Waals surface area contributed by atoms with Gasteiger partial charge in [0.25, 0.3) is 0 Å². The summed E-state index contributed by atoms with van der Waals surface area (Å²) in [5.74, 6) is -0.415. The van der Waals surface area contributed by atoms with E-state index in [1.165, 1.54) is 0 Å². The third-order valence-electron chi connectivity index (χ3n) is 3.91. The van der Waals surface area contributed by atoms with E-state index in [4.69, 9.17) is 10.5 Å². The van der Waals surface area contributed by atoms with Gasteiger partial charge in [-0.1, -0.05) is 0 Å². The quantitative estimate of drug-likeness (QED) is 0.655. The Labute approximate surface area is 107 Å². The standard InChI is InChI=1S/C12H21N3O3/c1-12(2)11(17)14(3)4-5-15(12)10(16)8-6-18-7-9(8)13/h8-9H,4-7,13H2,1-3H3. The van der Waals surface area contributed by atoms with Crippen LogP contribution in [0.25, 0.3) is 0 Å². The molecule has 0 spiro atoms. The van der Waals surface area contributed by atoms with E-state index in [1.807, 2.05) is 0 Å². The van der Waals surface area contributed by atoms with Gasteiger partial charge in [0.2, 0.25) is 11.8 Å². The van der Waals surface area contributed by atoms with Crippen LogP contribution in [-0.4, -0.2) is 66.5 Å². The molecule has 2 rings (SSSR count). The Morgan fingerprint density at radius 3 is 2.61 bits per heavy atom. The maximum Gasteiger partial charge on any atom is 0.247 e. The topological polar surface area (TPSA) is 75.9 Å². The number of nitrogens with two attached hydrogens (primary N) is 1. The molecule has 2 aliphatic rings. The predicted octanol–water partition coefficient (Wildman–Crippen LogP) is -0.961. The van der Waals surface area contributed by atoms with E-state index in [-0.39, 0.29) is 23.8 Å². The lowest BCUT2D eigenvalue weighted by Crippen LogP contribution is -2.65. The molecule has 0 aromatic rings. The normalized spacial score (nSPS) is 31.9. The van der Waals surface area contributed by atoms with Crippen LogP contribution in [0.1, 0.15) is 13.8 Å². The Morgan fingerprint density at radius 2 is 2.06 bits per heavy atom. The van der Waals surface area contributed by atoms with Crippen molar-refractivity contribution < 1.29 is 14.3 Å². The summed E-state index contributed by atoms with van der Waals surface area (Å²) in [6.45, 7) is 5.46. The fourth-order valence-electron chi connectivity index (χ4n) is 2.62. The summed E-state index contributed by atoms with van der Waals surface area (Å²) in [5, 5.41) is 0. The average Bonchev–Trinajstić information content (AvgIpc) is 2.72. The van der Waals surface area contributed by atoms with Crippen molar-refractivity contribution in [1.29, 1.82) is 0 Å². The summed E-state index contributed by atoms with van der Waals surface area (Å²) in [5.41, 5.74) is 5.07. The van der Waals surface area contributed by atoms with Gasteiger partial charge in [-0.05, 0) is 13.8 Å². The number of hydrogen-bond acceptors (Lipinski definition) is 4. The first kappa shape index (κ1) is 13.3. The van der Waals surface area contributed by atoms with E-state index in [0.29, 0.717) is 26.3 Å². The SMILES string of the molecule is CN1CCN(C(=O)C2COCC2N)C(C)(C)C1=O. The zero-order valence-corrected chi connectivity index (χ0v) is 11.2. The van der Waals surface area contributed by atoms with E-state index in [9.17, 15) is 9.59 Å². The highest BCUT2D eigenvalue weighted by atomic mass is 16.5. The zero-order chi connectivity index (χ0) is 13.5. The van der Waals surface area contributed by atoms with Crippen molar-refractivity contribution >= 4 is 11.8 Å². The molecule has 2 saturated heterocycles. The maximum atomic E-state index is 12.5. The van der Waals surface area contributed by atoms with Gasteiger partial charge in [0.15, 0.2) is 0 Å². The summed E-state index contributed by atoms with van der Waals surface area (Å²) in [6, 6.07) is -0.261. The molecule has 2 aliphatic heterocycles. The second-order valence-corrected chi connectivity index (χ2v) is 5.58. The molecule has 0 aromatic carbocycles. The van der Waals surface area contributed by atoms with Crippen LogP contribution in [0, 0.1) is 5.92 Å². The summed E-state index contributed by atoms with van der Waals surface area (Å²) in [6.07, 6.45) is 0. The largest absolute Gasteiger partial charge is 0.379 e. The van der Waals surface area contributed by atoms with Crippen molar-refractivity contribution in [2.24, 2.45) is 11.7 Å². The molecule has 6 heteroatoms. The Bertz CT molecular complexity index is 370. The first-order valence-corrected chi connectivity index (χ1v) is 6.26. The van der Waals surface area contributed by atoms with Gasteiger partial charge >= 0.3 is 0 Å². The molecule has 6 nitrogen and oxygen atoms in total. The van der Waals surface area contributed by atoms with Crippen LogP contribution in [-0.2, 0) is 14.3 Å². The number of carbonyl (C=O) groups is 2. The minimum atomic E-state index is -0.799. The van der Waals surface area contributed by atoms with Crippen molar-refractivity contribution in [1.82, 2.24) is 9.80 Å². The lowest BCUT2D eigenvalue weighted by Gasteiger charge is -2.45. The number of ether oxygens (including phenoxy) is 1. The van der Waals surface area contributed by atoms with Gasteiger partial charge in [0, 0.05) is 26.2 Å². The Morgan fingerprint density at radius 1 is 1.39 bits per heavy atom. The molecular weight excluding hydrogens is 234 g/mol. The van der Waals surface area contributed by atoms with Crippen LogP contribution >= 0.6 is 0 Å². The number of amides is 2. The van der Waals surface area contributed by atoms with Gasteiger partial charge in [-0.3, -0.25) is 9.59 Å². The molecule has 0 saturated carbocycles. The summed E-state index contributed by atoms with van der Waals surface area (Å²) in [7, 11) is 1.76. The molecule has 2 amide bonds. The van der Waals surface area contributed by atoms with Crippen molar-refractivity contribution in [3.05, 3.63) is 0 Å². The molecule has 0 radical (unpaired) electrons. The van der Waals surface area contributed by atoms with Gasteiger partial charge < -0.3 is 20.3 Å². The highest BCUT2D eigenvalue weighted by Gasteiger charge is 2.46. The summed E-state index contributed by atoms with van der Waals surface area (Å²) in [4.78, 5) is 27.9. The van der Waals surface area contributed by atoms with Crippen LogP contribution in [0.15, 0.2) is 0 Å². The lowest BCUT2D eigenvalue weighted by atomic mass is 9.93. The number of hydrogen-bond donors (Lipinski definition) is 1. The first-order valence-electron chi connectivity index (χ1n) is 6.26. The molecule has 0 aliphatic carbocycles. The number of piperazine rings is 1.